The normalized spacial score (nSPS) is 11.0. The zero-order valence-corrected chi connectivity index (χ0v) is 9.65. The van der Waals surface area contributed by atoms with Crippen LogP contribution in [0, 0.1) is 5.82 Å². The summed E-state index contributed by atoms with van der Waals surface area (Å²) in [6, 6.07) is 3.34. The van der Waals surface area contributed by atoms with Crippen LogP contribution in [0.3, 0.4) is 0 Å². The lowest BCUT2D eigenvalue weighted by molar-refractivity contribution is 0.606. The van der Waals surface area contributed by atoms with Gasteiger partial charge in [-0.1, -0.05) is 15.9 Å². The monoisotopic (exact) mass is 306 g/mol. The Morgan fingerprint density at radius 2 is 2.23 bits per heavy atom. The Morgan fingerprint density at radius 1 is 1.46 bits per heavy atom. The van der Waals surface area contributed by atoms with Gasteiger partial charge in [0.1, 0.15) is 5.82 Å². The van der Waals surface area contributed by atoms with Gasteiger partial charge in [0.2, 0.25) is 0 Å². The summed E-state index contributed by atoms with van der Waals surface area (Å²) < 4.78 is 19.5. The van der Waals surface area contributed by atoms with Gasteiger partial charge in [-0.05, 0) is 28.1 Å². The fourth-order valence-corrected chi connectivity index (χ4v) is 2.21. The molecule has 2 rings (SSSR count). The van der Waals surface area contributed by atoms with Crippen molar-refractivity contribution in [3.8, 4) is 0 Å². The van der Waals surface area contributed by atoms with Crippen molar-refractivity contribution in [1.29, 1.82) is 0 Å². The number of hydrogen-bond acceptors (Lipinski definition) is 1. The summed E-state index contributed by atoms with van der Waals surface area (Å²) in [4.78, 5) is 0. The third kappa shape index (κ3) is 1.42. The van der Waals surface area contributed by atoms with Crippen LogP contribution in [-0.2, 0) is 5.33 Å². The number of alkyl halides is 1. The van der Waals surface area contributed by atoms with E-state index in [-0.39, 0.29) is 5.82 Å². The molecule has 13 heavy (non-hydrogen) atoms. The van der Waals surface area contributed by atoms with Crippen LogP contribution in [0.25, 0.3) is 11.0 Å². The fraction of sp³-hybridized carbons (Fsp3) is 0.111. The first-order valence-electron chi connectivity index (χ1n) is 3.64. The average molecular weight is 308 g/mol. The molecule has 0 spiro atoms. The molecule has 0 fully saturated rings. The van der Waals surface area contributed by atoms with E-state index >= 15 is 0 Å². The van der Waals surface area contributed by atoms with Crippen molar-refractivity contribution in [2.75, 3.05) is 0 Å². The summed E-state index contributed by atoms with van der Waals surface area (Å²) in [5.74, 6) is -0.219. The Kier molecular flexibility index (Phi) is 2.43. The molecule has 4 heteroatoms. The lowest BCUT2D eigenvalue weighted by atomic mass is 10.2. The van der Waals surface area contributed by atoms with E-state index in [2.05, 4.69) is 31.9 Å². The van der Waals surface area contributed by atoms with Gasteiger partial charge in [-0.25, -0.2) is 4.39 Å². The molecular weight excluding hydrogens is 303 g/mol. The van der Waals surface area contributed by atoms with Crippen LogP contribution in [0.15, 0.2) is 27.3 Å². The van der Waals surface area contributed by atoms with Gasteiger partial charge in [0.15, 0.2) is 5.58 Å². The van der Waals surface area contributed by atoms with E-state index < -0.39 is 0 Å². The van der Waals surface area contributed by atoms with E-state index in [0.29, 0.717) is 21.9 Å². The molecule has 0 aliphatic rings. The highest BCUT2D eigenvalue weighted by atomic mass is 79.9. The first kappa shape index (κ1) is 9.21. The van der Waals surface area contributed by atoms with Crippen LogP contribution < -0.4 is 0 Å². The van der Waals surface area contributed by atoms with Crippen LogP contribution in [0.2, 0.25) is 0 Å². The lowest BCUT2D eigenvalue weighted by Crippen LogP contribution is -1.86. The van der Waals surface area contributed by atoms with E-state index in [0.717, 1.165) is 4.47 Å². The molecular formula is C9H5Br2FO. The number of fused-ring (bicyclic) bond motifs is 1. The molecule has 0 unspecified atom stereocenters. The maximum absolute atomic E-state index is 13.6. The minimum absolute atomic E-state index is 0.219. The summed E-state index contributed by atoms with van der Waals surface area (Å²) in [6.45, 7) is 0. The van der Waals surface area contributed by atoms with E-state index in [1.54, 1.807) is 12.1 Å². The molecule has 1 aromatic carbocycles. The number of benzene rings is 1. The number of halogens is 3. The molecule has 1 heterocycles. The smallest absolute Gasteiger partial charge is 0.150 e. The SMILES string of the molecule is Fc1c(CBr)cc(Br)c2occc12. The highest BCUT2D eigenvalue weighted by molar-refractivity contribution is 9.10. The molecule has 0 N–H and O–H groups in total. The zero-order chi connectivity index (χ0) is 9.42. The average Bonchev–Trinajstić information content (AvgIpc) is 2.60. The molecule has 0 bridgehead atoms. The fourth-order valence-electron chi connectivity index (χ4n) is 1.22. The molecule has 0 aliphatic heterocycles. The maximum atomic E-state index is 13.6. The van der Waals surface area contributed by atoms with E-state index in [1.165, 1.54) is 6.26 Å². The van der Waals surface area contributed by atoms with Crippen LogP contribution in [0.4, 0.5) is 4.39 Å². The van der Waals surface area contributed by atoms with Crippen LogP contribution in [0.1, 0.15) is 5.56 Å². The summed E-state index contributed by atoms with van der Waals surface area (Å²) in [6.07, 6.45) is 1.48. The van der Waals surface area contributed by atoms with Crippen molar-refractivity contribution in [3.63, 3.8) is 0 Å². The Bertz CT molecular complexity index is 450. The Hall–Kier alpha value is -0.350. The van der Waals surface area contributed by atoms with E-state index in [9.17, 15) is 4.39 Å². The summed E-state index contributed by atoms with van der Waals surface area (Å²) in [5.41, 5.74) is 1.18. The highest BCUT2D eigenvalue weighted by Crippen LogP contribution is 2.30. The third-order valence-electron chi connectivity index (χ3n) is 1.85. The van der Waals surface area contributed by atoms with Gasteiger partial charge in [0, 0.05) is 10.9 Å². The second kappa shape index (κ2) is 3.42. The topological polar surface area (TPSA) is 13.1 Å². The van der Waals surface area contributed by atoms with Crippen molar-refractivity contribution in [2.45, 2.75) is 5.33 Å². The lowest BCUT2D eigenvalue weighted by Gasteiger charge is -2.00. The Morgan fingerprint density at radius 3 is 2.92 bits per heavy atom. The van der Waals surface area contributed by atoms with Crippen molar-refractivity contribution in [3.05, 3.63) is 34.2 Å². The molecule has 0 amide bonds. The predicted molar refractivity (Wildman–Crippen MR) is 56.5 cm³/mol. The number of furan rings is 1. The molecule has 2 aromatic rings. The largest absolute Gasteiger partial charge is 0.463 e. The molecule has 0 aliphatic carbocycles. The van der Waals surface area contributed by atoms with Gasteiger partial charge in [0.25, 0.3) is 0 Å². The predicted octanol–water partition coefficient (Wildman–Crippen LogP) is 4.23. The van der Waals surface area contributed by atoms with Crippen LogP contribution in [0.5, 0.6) is 0 Å². The second-order valence-corrected chi connectivity index (χ2v) is 4.04. The van der Waals surface area contributed by atoms with E-state index in [1.807, 2.05) is 0 Å². The van der Waals surface area contributed by atoms with Gasteiger partial charge in [0.05, 0.1) is 16.1 Å². The molecule has 68 valence electrons. The van der Waals surface area contributed by atoms with Crippen molar-refractivity contribution in [1.82, 2.24) is 0 Å². The third-order valence-corrected chi connectivity index (χ3v) is 3.04. The molecule has 0 saturated carbocycles. The van der Waals surface area contributed by atoms with Crippen LogP contribution >= 0.6 is 31.9 Å². The molecule has 1 nitrogen and oxygen atoms in total. The van der Waals surface area contributed by atoms with Crippen LogP contribution in [-0.4, -0.2) is 0 Å². The first-order valence-corrected chi connectivity index (χ1v) is 5.55. The highest BCUT2D eigenvalue weighted by Gasteiger charge is 2.11. The minimum Gasteiger partial charge on any atom is -0.463 e. The Labute approximate surface area is 91.2 Å². The summed E-state index contributed by atoms with van der Waals surface area (Å²) in [5, 5.41) is 1.02. The summed E-state index contributed by atoms with van der Waals surface area (Å²) in [7, 11) is 0. The van der Waals surface area contributed by atoms with Crippen molar-refractivity contribution >= 4 is 42.8 Å². The second-order valence-electron chi connectivity index (χ2n) is 2.63. The molecule has 1 aromatic heterocycles. The van der Waals surface area contributed by atoms with E-state index in [4.69, 9.17) is 4.42 Å². The van der Waals surface area contributed by atoms with Gasteiger partial charge in [-0.3, -0.25) is 0 Å². The maximum Gasteiger partial charge on any atom is 0.150 e. The molecule has 0 radical (unpaired) electrons. The van der Waals surface area contributed by atoms with Crippen molar-refractivity contribution < 1.29 is 8.81 Å². The first-order chi connectivity index (χ1) is 6.24. The Balaban J connectivity index is 2.85. The minimum atomic E-state index is -0.219. The summed E-state index contributed by atoms with van der Waals surface area (Å²) >= 11 is 6.55. The molecule has 0 atom stereocenters. The van der Waals surface area contributed by atoms with Gasteiger partial charge in [-0.15, -0.1) is 0 Å². The number of rotatable bonds is 1. The van der Waals surface area contributed by atoms with Gasteiger partial charge in [-0.2, -0.15) is 0 Å². The standard InChI is InChI=1S/C9H5Br2FO/c10-4-5-3-7(11)9-6(8(5)12)1-2-13-9/h1-3H,4H2. The van der Waals surface area contributed by atoms with Gasteiger partial charge >= 0.3 is 0 Å². The zero-order valence-electron chi connectivity index (χ0n) is 6.48. The quantitative estimate of drug-likeness (QED) is 0.719. The molecule has 0 saturated heterocycles. The number of hydrogen-bond donors (Lipinski definition) is 0. The van der Waals surface area contributed by atoms with Gasteiger partial charge < -0.3 is 4.42 Å². The van der Waals surface area contributed by atoms with Crippen molar-refractivity contribution in [2.24, 2.45) is 0 Å².